The molecule has 0 atom stereocenters. The van der Waals surface area contributed by atoms with Crippen molar-refractivity contribution in [1.29, 1.82) is 0 Å². The van der Waals surface area contributed by atoms with Crippen molar-refractivity contribution in [3.8, 4) is 0 Å². The van der Waals surface area contributed by atoms with E-state index >= 15 is 0 Å². The first kappa shape index (κ1) is 31.0. The van der Waals surface area contributed by atoms with Crippen molar-refractivity contribution in [1.82, 2.24) is 19.9 Å². The minimum atomic E-state index is 0.245. The van der Waals surface area contributed by atoms with Gasteiger partial charge in [-0.25, -0.2) is 9.97 Å². The summed E-state index contributed by atoms with van der Waals surface area (Å²) in [6.45, 7) is 6.34. The van der Waals surface area contributed by atoms with E-state index in [1.807, 2.05) is 19.0 Å². The second kappa shape index (κ2) is 15.9. The first-order valence-corrected chi connectivity index (χ1v) is 13.5. The van der Waals surface area contributed by atoms with Crippen LogP contribution in [-0.4, -0.2) is 141 Å². The summed E-state index contributed by atoms with van der Waals surface area (Å²) in [5.41, 5.74) is 1.43. The first-order chi connectivity index (χ1) is 19.0. The zero-order valence-electron chi connectivity index (χ0n) is 24.7. The van der Waals surface area contributed by atoms with Crippen molar-refractivity contribution in [3.05, 3.63) is 0 Å². The number of hydrogen-bond donors (Lipinski definition) is 0. The third kappa shape index (κ3) is 8.21. The highest BCUT2D eigenvalue weighted by molar-refractivity contribution is 5.95. The van der Waals surface area contributed by atoms with Gasteiger partial charge in [0.25, 0.3) is 0 Å². The molecule has 0 radical (unpaired) electrons. The number of methoxy groups -OCH3 is 5. The van der Waals surface area contributed by atoms with Gasteiger partial charge in [0.05, 0.1) is 32.5 Å². The monoisotopic (exact) mass is 550 g/mol. The van der Waals surface area contributed by atoms with Gasteiger partial charge in [0.15, 0.2) is 11.6 Å². The summed E-state index contributed by atoms with van der Waals surface area (Å²) in [6.07, 6.45) is 2.08. The van der Waals surface area contributed by atoms with Crippen LogP contribution in [0.1, 0.15) is 12.8 Å². The topological polar surface area (TPSA) is 111 Å². The van der Waals surface area contributed by atoms with Crippen LogP contribution in [0.2, 0.25) is 0 Å². The molecule has 220 valence electrons. The van der Waals surface area contributed by atoms with E-state index in [2.05, 4.69) is 14.7 Å². The van der Waals surface area contributed by atoms with Gasteiger partial charge in [0.1, 0.15) is 11.0 Å². The van der Waals surface area contributed by atoms with Crippen LogP contribution in [0.5, 0.6) is 0 Å². The van der Waals surface area contributed by atoms with Crippen LogP contribution < -0.4 is 19.6 Å². The zero-order chi connectivity index (χ0) is 28.2. The SMILES string of the molecule is COCCN(CCOC)c1nc(N2CCC(OC)CC2)c2nc(N(CCOC)CCOC)nc(N(C)C)c2n1. The molecule has 13 nitrogen and oxygen atoms in total. The standard InChI is InChI=1S/C26H46N8O5/c1-31(2)23-21-22(28-25(29-23)33(12-16-35-3)13-17-36-4)24(32-10-8-20(39-7)9-11-32)30-26(27-21)34(14-18-37-5)15-19-38-6/h20H,8-19H2,1-7H3. The number of piperidine rings is 1. The molecule has 0 N–H and O–H groups in total. The minimum Gasteiger partial charge on any atom is -0.383 e. The molecule has 1 saturated heterocycles. The number of nitrogens with zero attached hydrogens (tertiary/aromatic N) is 8. The molecular weight excluding hydrogens is 504 g/mol. The lowest BCUT2D eigenvalue weighted by atomic mass is 10.1. The third-order valence-electron chi connectivity index (χ3n) is 6.81. The molecule has 0 aromatic carbocycles. The summed E-state index contributed by atoms with van der Waals surface area (Å²) >= 11 is 0. The normalized spacial score (nSPS) is 14.3. The molecule has 0 bridgehead atoms. The van der Waals surface area contributed by atoms with Crippen molar-refractivity contribution in [2.45, 2.75) is 18.9 Å². The highest BCUT2D eigenvalue weighted by Crippen LogP contribution is 2.33. The summed E-state index contributed by atoms with van der Waals surface area (Å²) in [5, 5.41) is 0. The van der Waals surface area contributed by atoms with Crippen LogP contribution in [0, 0.1) is 0 Å². The van der Waals surface area contributed by atoms with E-state index in [0.29, 0.717) is 70.0 Å². The number of aromatic nitrogens is 4. The maximum Gasteiger partial charge on any atom is 0.228 e. The van der Waals surface area contributed by atoms with Gasteiger partial charge < -0.3 is 43.3 Å². The second-order valence-corrected chi connectivity index (χ2v) is 9.65. The second-order valence-electron chi connectivity index (χ2n) is 9.65. The Labute approximate surface area is 232 Å². The van der Waals surface area contributed by atoms with E-state index in [1.165, 1.54) is 0 Å². The lowest BCUT2D eigenvalue weighted by molar-refractivity contribution is 0.0818. The van der Waals surface area contributed by atoms with E-state index in [-0.39, 0.29) is 6.10 Å². The largest absolute Gasteiger partial charge is 0.383 e. The average molecular weight is 551 g/mol. The molecule has 2 aromatic rings. The first-order valence-electron chi connectivity index (χ1n) is 13.5. The third-order valence-corrected chi connectivity index (χ3v) is 6.81. The van der Waals surface area contributed by atoms with E-state index < -0.39 is 0 Å². The summed E-state index contributed by atoms with van der Waals surface area (Å²) in [5.74, 6) is 2.73. The number of fused-ring (bicyclic) bond motifs is 1. The minimum absolute atomic E-state index is 0.245. The molecule has 1 aliphatic rings. The molecule has 3 rings (SSSR count). The summed E-state index contributed by atoms with van der Waals surface area (Å²) in [7, 11) is 12.5. The molecule has 0 saturated carbocycles. The van der Waals surface area contributed by atoms with Crippen LogP contribution in [0.3, 0.4) is 0 Å². The molecule has 3 heterocycles. The summed E-state index contributed by atoms with van der Waals surface area (Å²) < 4.78 is 27.1. The molecule has 2 aromatic heterocycles. The fourth-order valence-electron chi connectivity index (χ4n) is 4.51. The number of rotatable bonds is 17. The number of anilines is 4. The molecule has 1 fully saturated rings. The van der Waals surface area contributed by atoms with Gasteiger partial charge in [-0.15, -0.1) is 0 Å². The average Bonchev–Trinajstić information content (AvgIpc) is 2.96. The number of ether oxygens (including phenoxy) is 5. The van der Waals surface area contributed by atoms with Gasteiger partial charge in [0, 0.05) is 88.9 Å². The van der Waals surface area contributed by atoms with Gasteiger partial charge in [-0.2, -0.15) is 9.97 Å². The van der Waals surface area contributed by atoms with Crippen LogP contribution in [0.4, 0.5) is 23.5 Å². The fraction of sp³-hybridized carbons (Fsp3) is 0.769. The van der Waals surface area contributed by atoms with Gasteiger partial charge in [-0.3, -0.25) is 0 Å². The molecule has 0 amide bonds. The van der Waals surface area contributed by atoms with Crippen LogP contribution in [-0.2, 0) is 23.7 Å². The Balaban J connectivity index is 2.20. The molecule has 1 aliphatic heterocycles. The van der Waals surface area contributed by atoms with Crippen molar-refractivity contribution in [3.63, 3.8) is 0 Å². The maximum atomic E-state index is 5.63. The molecule has 39 heavy (non-hydrogen) atoms. The van der Waals surface area contributed by atoms with E-state index in [1.54, 1.807) is 35.5 Å². The van der Waals surface area contributed by atoms with Crippen molar-refractivity contribution >= 4 is 34.6 Å². The fourth-order valence-corrected chi connectivity index (χ4v) is 4.51. The van der Waals surface area contributed by atoms with Crippen LogP contribution in [0.15, 0.2) is 0 Å². The summed E-state index contributed by atoms with van der Waals surface area (Å²) in [6, 6.07) is 0. The predicted octanol–water partition coefficient (Wildman–Crippen LogP) is 1.30. The van der Waals surface area contributed by atoms with Crippen LogP contribution >= 0.6 is 0 Å². The van der Waals surface area contributed by atoms with E-state index in [4.69, 9.17) is 43.6 Å². The lowest BCUT2D eigenvalue weighted by Gasteiger charge is -2.33. The predicted molar refractivity (Wildman–Crippen MR) is 154 cm³/mol. The number of hydrogen-bond acceptors (Lipinski definition) is 13. The zero-order valence-corrected chi connectivity index (χ0v) is 24.7. The molecule has 0 aliphatic carbocycles. The Morgan fingerprint density at radius 2 is 1.13 bits per heavy atom. The van der Waals surface area contributed by atoms with Gasteiger partial charge in [0.2, 0.25) is 11.9 Å². The Kier molecular flexibility index (Phi) is 12.6. The molecule has 0 spiro atoms. The quantitative estimate of drug-likeness (QED) is 0.282. The molecule has 13 heteroatoms. The Morgan fingerprint density at radius 1 is 0.667 bits per heavy atom. The van der Waals surface area contributed by atoms with E-state index in [9.17, 15) is 0 Å². The lowest BCUT2D eigenvalue weighted by Crippen LogP contribution is -2.38. The van der Waals surface area contributed by atoms with Crippen molar-refractivity contribution in [2.24, 2.45) is 0 Å². The highest BCUT2D eigenvalue weighted by atomic mass is 16.5. The van der Waals surface area contributed by atoms with Crippen LogP contribution in [0.25, 0.3) is 11.0 Å². The molecular formula is C26H46N8O5. The smallest absolute Gasteiger partial charge is 0.228 e. The van der Waals surface area contributed by atoms with Gasteiger partial charge in [-0.1, -0.05) is 0 Å². The summed E-state index contributed by atoms with van der Waals surface area (Å²) in [4.78, 5) is 28.6. The van der Waals surface area contributed by atoms with Gasteiger partial charge in [-0.05, 0) is 12.8 Å². The Hall–Kier alpha value is -2.58. The van der Waals surface area contributed by atoms with Gasteiger partial charge >= 0.3 is 0 Å². The van der Waals surface area contributed by atoms with Crippen molar-refractivity contribution in [2.75, 3.05) is 135 Å². The maximum absolute atomic E-state index is 5.63. The van der Waals surface area contributed by atoms with E-state index in [0.717, 1.165) is 43.1 Å². The Bertz CT molecular complexity index is 990. The Morgan fingerprint density at radius 3 is 1.56 bits per heavy atom. The molecule has 0 unspecified atom stereocenters. The van der Waals surface area contributed by atoms with Crippen molar-refractivity contribution < 1.29 is 23.7 Å². The highest BCUT2D eigenvalue weighted by Gasteiger charge is 2.27.